The molecule has 2 aromatic carbocycles. The van der Waals surface area contributed by atoms with E-state index in [9.17, 15) is 9.59 Å². The molecule has 0 aliphatic rings. The summed E-state index contributed by atoms with van der Waals surface area (Å²) in [7, 11) is 1.62. The van der Waals surface area contributed by atoms with Gasteiger partial charge < -0.3 is 4.74 Å². The summed E-state index contributed by atoms with van der Waals surface area (Å²) in [5.74, 6) is -0.259. The fourth-order valence-corrected chi connectivity index (χ4v) is 2.81. The largest absolute Gasteiger partial charge is 0.465 e. The zero-order valence-electron chi connectivity index (χ0n) is 14.5. The van der Waals surface area contributed by atoms with Crippen molar-refractivity contribution in [2.45, 2.75) is 13.5 Å². The Morgan fingerprint density at radius 2 is 1.85 bits per heavy atom. The Hall–Kier alpha value is -2.86. The Labute approximate surface area is 155 Å². The van der Waals surface area contributed by atoms with E-state index in [1.807, 2.05) is 24.3 Å². The number of carbonyl (C=O) groups is 2. The lowest BCUT2D eigenvalue weighted by molar-refractivity contribution is -0.143. The van der Waals surface area contributed by atoms with Crippen molar-refractivity contribution in [3.63, 3.8) is 0 Å². The topological polar surface area (TPSA) is 64.4 Å². The fourth-order valence-electron chi connectivity index (χ4n) is 2.69. The summed E-state index contributed by atoms with van der Waals surface area (Å²) in [5, 5.41) is 0.554. The first kappa shape index (κ1) is 17.9. The van der Waals surface area contributed by atoms with Crippen LogP contribution < -0.4 is 4.90 Å². The molecule has 0 radical (unpaired) electrons. The predicted molar refractivity (Wildman–Crippen MR) is 101 cm³/mol. The first-order valence-corrected chi connectivity index (χ1v) is 8.53. The van der Waals surface area contributed by atoms with Crippen LogP contribution in [0.4, 0.5) is 5.95 Å². The van der Waals surface area contributed by atoms with Crippen LogP contribution in [0.3, 0.4) is 0 Å². The van der Waals surface area contributed by atoms with Crippen LogP contribution in [-0.2, 0) is 16.1 Å². The van der Waals surface area contributed by atoms with Crippen LogP contribution in [-0.4, -0.2) is 35.1 Å². The van der Waals surface area contributed by atoms with Crippen molar-refractivity contribution in [1.82, 2.24) is 9.55 Å². The van der Waals surface area contributed by atoms with Crippen molar-refractivity contribution in [3.8, 4) is 0 Å². The van der Waals surface area contributed by atoms with E-state index in [4.69, 9.17) is 16.3 Å². The monoisotopic (exact) mass is 371 g/mol. The highest BCUT2D eigenvalue weighted by Gasteiger charge is 2.22. The fraction of sp³-hybridized carbons (Fsp3) is 0.211. The van der Waals surface area contributed by atoms with Gasteiger partial charge in [-0.25, -0.2) is 4.98 Å². The van der Waals surface area contributed by atoms with Crippen LogP contribution in [0, 0.1) is 0 Å². The molecule has 6 nitrogen and oxygen atoms in total. The van der Waals surface area contributed by atoms with Crippen LogP contribution in [0.15, 0.2) is 48.5 Å². The molecule has 0 spiro atoms. The number of fused-ring (bicyclic) bond motifs is 1. The summed E-state index contributed by atoms with van der Waals surface area (Å²) < 4.78 is 6.73. The van der Waals surface area contributed by atoms with Gasteiger partial charge in [-0.15, -0.1) is 0 Å². The van der Waals surface area contributed by atoms with Crippen molar-refractivity contribution < 1.29 is 14.3 Å². The Morgan fingerprint density at radius 1 is 1.15 bits per heavy atom. The van der Waals surface area contributed by atoms with Crippen LogP contribution in [0.25, 0.3) is 11.0 Å². The quantitative estimate of drug-likeness (QED) is 0.643. The van der Waals surface area contributed by atoms with Gasteiger partial charge in [-0.2, -0.15) is 0 Å². The number of esters is 1. The molecule has 0 N–H and O–H groups in total. The maximum atomic E-state index is 12.8. The highest BCUT2D eigenvalue weighted by Crippen LogP contribution is 2.23. The molecule has 0 aliphatic heterocycles. The predicted octanol–water partition coefficient (Wildman–Crippen LogP) is 3.53. The van der Waals surface area contributed by atoms with Gasteiger partial charge in [0, 0.05) is 17.6 Å². The summed E-state index contributed by atoms with van der Waals surface area (Å²) in [6.07, 6.45) is 0. The molecular weight excluding hydrogens is 354 g/mol. The molecule has 3 aromatic rings. The number of imidazole rings is 1. The number of nitrogens with zero attached hydrogens (tertiary/aromatic N) is 3. The average Bonchev–Trinajstić information content (AvgIpc) is 3.00. The number of aromatic nitrogens is 2. The van der Waals surface area contributed by atoms with Crippen molar-refractivity contribution in [3.05, 3.63) is 59.1 Å². The third-order valence-corrected chi connectivity index (χ3v) is 4.17. The van der Waals surface area contributed by atoms with Gasteiger partial charge in [0.2, 0.25) is 5.95 Å². The van der Waals surface area contributed by atoms with E-state index in [2.05, 4.69) is 4.98 Å². The number of hydrogen-bond donors (Lipinski definition) is 0. The van der Waals surface area contributed by atoms with E-state index >= 15 is 0 Å². The van der Waals surface area contributed by atoms with Gasteiger partial charge in [0.05, 0.1) is 17.6 Å². The number of benzene rings is 2. The molecule has 0 fully saturated rings. The second-order valence-electron chi connectivity index (χ2n) is 5.66. The second kappa shape index (κ2) is 7.58. The van der Waals surface area contributed by atoms with Crippen LogP contribution in [0.2, 0.25) is 5.02 Å². The van der Waals surface area contributed by atoms with Gasteiger partial charge in [0.25, 0.3) is 5.91 Å². The first-order valence-electron chi connectivity index (χ1n) is 8.15. The lowest BCUT2D eigenvalue weighted by atomic mass is 10.2. The van der Waals surface area contributed by atoms with Gasteiger partial charge in [-0.05, 0) is 43.3 Å². The molecule has 26 heavy (non-hydrogen) atoms. The molecule has 7 heteroatoms. The SMILES string of the molecule is CCOC(=O)Cn1c(N(C)C(=O)c2ccc(Cl)cc2)nc2ccccc21. The zero-order chi connectivity index (χ0) is 18.7. The highest BCUT2D eigenvalue weighted by atomic mass is 35.5. The summed E-state index contributed by atoms with van der Waals surface area (Å²) in [5.41, 5.74) is 1.93. The molecule has 0 aliphatic carbocycles. The number of carbonyl (C=O) groups excluding carboxylic acids is 2. The van der Waals surface area contributed by atoms with E-state index in [1.165, 1.54) is 4.90 Å². The number of para-hydroxylation sites is 2. The van der Waals surface area contributed by atoms with E-state index in [1.54, 1.807) is 42.8 Å². The normalized spacial score (nSPS) is 10.7. The molecule has 0 saturated carbocycles. The molecule has 0 atom stereocenters. The number of rotatable bonds is 5. The summed E-state index contributed by atoms with van der Waals surface area (Å²) in [4.78, 5) is 30.8. The van der Waals surface area contributed by atoms with Crippen LogP contribution in [0.5, 0.6) is 0 Å². The van der Waals surface area contributed by atoms with E-state index in [-0.39, 0.29) is 18.4 Å². The molecule has 3 rings (SSSR count). The van der Waals surface area contributed by atoms with E-state index in [0.717, 1.165) is 5.52 Å². The molecule has 1 amide bonds. The van der Waals surface area contributed by atoms with Crippen LogP contribution in [0.1, 0.15) is 17.3 Å². The van der Waals surface area contributed by atoms with Gasteiger partial charge in [0.15, 0.2) is 0 Å². The minimum Gasteiger partial charge on any atom is -0.465 e. The van der Waals surface area contributed by atoms with E-state index in [0.29, 0.717) is 28.7 Å². The van der Waals surface area contributed by atoms with Gasteiger partial charge in [0.1, 0.15) is 6.54 Å². The minimum absolute atomic E-state index is 0.0259. The van der Waals surface area contributed by atoms with Gasteiger partial charge in [-0.1, -0.05) is 23.7 Å². The number of amides is 1. The summed E-state index contributed by atoms with van der Waals surface area (Å²) in [6, 6.07) is 14.0. The minimum atomic E-state index is -0.385. The Bertz CT molecular complexity index is 950. The second-order valence-corrected chi connectivity index (χ2v) is 6.10. The lowest BCUT2D eigenvalue weighted by Gasteiger charge is -2.18. The Kier molecular flexibility index (Phi) is 5.23. The average molecular weight is 372 g/mol. The number of hydrogen-bond acceptors (Lipinski definition) is 4. The number of anilines is 1. The smallest absolute Gasteiger partial charge is 0.326 e. The third kappa shape index (κ3) is 3.55. The molecule has 0 saturated heterocycles. The Balaban J connectivity index is 2.01. The first-order chi connectivity index (χ1) is 12.5. The summed E-state index contributed by atoms with van der Waals surface area (Å²) >= 11 is 5.89. The molecule has 0 unspecified atom stereocenters. The summed E-state index contributed by atoms with van der Waals surface area (Å²) in [6.45, 7) is 2.02. The molecule has 1 aromatic heterocycles. The maximum absolute atomic E-state index is 12.8. The molecule has 134 valence electrons. The van der Waals surface area contributed by atoms with Gasteiger partial charge >= 0.3 is 5.97 Å². The lowest BCUT2D eigenvalue weighted by Crippen LogP contribution is -2.30. The van der Waals surface area contributed by atoms with Crippen molar-refractivity contribution in [2.24, 2.45) is 0 Å². The molecular formula is C19H18ClN3O3. The number of halogens is 1. The highest BCUT2D eigenvalue weighted by molar-refractivity contribution is 6.30. The van der Waals surface area contributed by atoms with Crippen molar-refractivity contribution >= 4 is 40.5 Å². The third-order valence-electron chi connectivity index (χ3n) is 3.92. The van der Waals surface area contributed by atoms with Crippen LogP contribution >= 0.6 is 11.6 Å². The Morgan fingerprint density at radius 3 is 2.54 bits per heavy atom. The van der Waals surface area contributed by atoms with Gasteiger partial charge in [-0.3, -0.25) is 19.1 Å². The van der Waals surface area contributed by atoms with Crippen molar-refractivity contribution in [2.75, 3.05) is 18.6 Å². The van der Waals surface area contributed by atoms with Crippen molar-refractivity contribution in [1.29, 1.82) is 0 Å². The molecule has 0 bridgehead atoms. The number of ether oxygens (including phenoxy) is 1. The zero-order valence-corrected chi connectivity index (χ0v) is 15.2. The molecule has 1 heterocycles. The maximum Gasteiger partial charge on any atom is 0.326 e. The standard InChI is InChI=1S/C19H18ClN3O3/c1-3-26-17(24)12-23-16-7-5-4-6-15(16)21-19(23)22(2)18(25)13-8-10-14(20)11-9-13/h4-11H,3,12H2,1-2H3. The van der Waals surface area contributed by atoms with E-state index < -0.39 is 0 Å².